The Morgan fingerprint density at radius 1 is 1.07 bits per heavy atom. The molecule has 43 heavy (non-hydrogen) atoms. The van der Waals surface area contributed by atoms with Crippen LogP contribution in [0.25, 0.3) is 11.6 Å². The molecule has 2 fully saturated rings. The number of carbonyl (C=O) groups is 3. The summed E-state index contributed by atoms with van der Waals surface area (Å²) in [5.41, 5.74) is 6.18. The lowest BCUT2D eigenvalue weighted by molar-refractivity contribution is -0.110. The fourth-order valence-electron chi connectivity index (χ4n) is 6.67. The Morgan fingerprint density at radius 2 is 1.81 bits per heavy atom. The van der Waals surface area contributed by atoms with Crippen molar-refractivity contribution in [2.45, 2.75) is 58.5 Å². The highest BCUT2D eigenvalue weighted by Gasteiger charge is 2.34. The second-order valence-corrected chi connectivity index (χ2v) is 12.4. The van der Waals surface area contributed by atoms with Gasteiger partial charge in [-0.25, -0.2) is 0 Å². The molecule has 0 aliphatic carbocycles. The number of likely N-dealkylation sites (tertiary alicyclic amines) is 2. The molecule has 2 saturated heterocycles. The van der Waals surface area contributed by atoms with Gasteiger partial charge in [-0.2, -0.15) is 0 Å². The van der Waals surface area contributed by atoms with E-state index in [2.05, 4.69) is 20.5 Å². The van der Waals surface area contributed by atoms with Crippen LogP contribution in [0.5, 0.6) is 0 Å². The highest BCUT2D eigenvalue weighted by molar-refractivity contribution is 6.35. The summed E-state index contributed by atoms with van der Waals surface area (Å²) in [6.07, 6.45) is 6.33. The number of hydrogen-bond acceptors (Lipinski definition) is 4. The van der Waals surface area contributed by atoms with Crippen LogP contribution in [-0.4, -0.2) is 64.7 Å². The number of aromatic amines is 1. The summed E-state index contributed by atoms with van der Waals surface area (Å²) in [5.74, 6) is -0.424. The molecule has 8 nitrogen and oxygen atoms in total. The van der Waals surface area contributed by atoms with Gasteiger partial charge in [0.25, 0.3) is 17.7 Å². The number of nitrogens with zero attached hydrogens (tertiary/aromatic N) is 2. The Hall–Kier alpha value is -3.88. The van der Waals surface area contributed by atoms with Crippen LogP contribution in [0.1, 0.15) is 87.4 Å². The lowest BCUT2D eigenvalue weighted by Crippen LogP contribution is -2.42. The molecule has 3 aliphatic heterocycles. The maximum absolute atomic E-state index is 13.8. The number of aromatic nitrogens is 1. The normalized spacial score (nSPS) is 20.0. The number of carbonyl (C=O) groups excluding carboxylic acids is 3. The monoisotopic (exact) mass is 599 g/mol. The van der Waals surface area contributed by atoms with Crippen LogP contribution >= 0.6 is 11.6 Å². The summed E-state index contributed by atoms with van der Waals surface area (Å²) in [6, 6.07) is 12.6. The van der Waals surface area contributed by atoms with Crippen LogP contribution in [0.3, 0.4) is 0 Å². The van der Waals surface area contributed by atoms with Crippen molar-refractivity contribution in [1.29, 1.82) is 0 Å². The van der Waals surface area contributed by atoms with Gasteiger partial charge in [-0.3, -0.25) is 14.4 Å². The van der Waals surface area contributed by atoms with Crippen LogP contribution in [0, 0.1) is 13.8 Å². The number of fused-ring (bicyclic) bond motifs is 1. The van der Waals surface area contributed by atoms with E-state index < -0.39 is 0 Å². The SMILES string of the molecule is Cc1[nH]c(C=C2C(=O)Nc3ccc(C(=O)NC(C)c4ccc(Cl)cc4)cc32)c(C)c1C(=O)N1CCCC1CN1CCCC1. The van der Waals surface area contributed by atoms with Gasteiger partial charge < -0.3 is 25.4 Å². The lowest BCUT2D eigenvalue weighted by Gasteiger charge is -2.28. The van der Waals surface area contributed by atoms with Crippen LogP contribution in [0.15, 0.2) is 42.5 Å². The van der Waals surface area contributed by atoms with Gasteiger partial charge in [0, 0.05) is 52.4 Å². The van der Waals surface area contributed by atoms with E-state index in [9.17, 15) is 14.4 Å². The number of H-pyrrole nitrogens is 1. The molecule has 0 spiro atoms. The van der Waals surface area contributed by atoms with Gasteiger partial charge in [0.15, 0.2) is 0 Å². The smallest absolute Gasteiger partial charge is 0.256 e. The molecule has 1 aromatic heterocycles. The number of halogens is 1. The van der Waals surface area contributed by atoms with Gasteiger partial charge >= 0.3 is 0 Å². The predicted octanol–water partition coefficient (Wildman–Crippen LogP) is 5.97. The minimum absolute atomic E-state index is 0.0580. The first-order valence-electron chi connectivity index (χ1n) is 15.2. The number of nitrogens with one attached hydrogen (secondary N) is 3. The molecule has 224 valence electrons. The molecule has 0 bridgehead atoms. The first kappa shape index (κ1) is 29.2. The summed E-state index contributed by atoms with van der Waals surface area (Å²) < 4.78 is 0. The highest BCUT2D eigenvalue weighted by atomic mass is 35.5. The molecule has 3 N–H and O–H groups in total. The van der Waals surface area contributed by atoms with Crippen LogP contribution in [-0.2, 0) is 4.79 Å². The number of benzene rings is 2. The van der Waals surface area contributed by atoms with Crippen molar-refractivity contribution in [3.63, 3.8) is 0 Å². The van der Waals surface area contributed by atoms with Crippen molar-refractivity contribution < 1.29 is 14.4 Å². The zero-order valence-electron chi connectivity index (χ0n) is 24.9. The van der Waals surface area contributed by atoms with E-state index in [0.717, 1.165) is 61.5 Å². The fraction of sp³-hybridized carbons (Fsp3) is 0.382. The van der Waals surface area contributed by atoms with Crippen LogP contribution < -0.4 is 10.6 Å². The number of hydrogen-bond donors (Lipinski definition) is 3. The van der Waals surface area contributed by atoms with Crippen molar-refractivity contribution in [3.8, 4) is 0 Å². The Morgan fingerprint density at radius 3 is 2.56 bits per heavy atom. The van der Waals surface area contributed by atoms with Crippen molar-refractivity contribution in [1.82, 2.24) is 20.1 Å². The number of anilines is 1. The van der Waals surface area contributed by atoms with Gasteiger partial charge in [-0.1, -0.05) is 23.7 Å². The summed E-state index contributed by atoms with van der Waals surface area (Å²) in [6.45, 7) is 9.72. The van der Waals surface area contributed by atoms with Crippen LogP contribution in [0.4, 0.5) is 5.69 Å². The maximum atomic E-state index is 13.8. The lowest BCUT2D eigenvalue weighted by atomic mass is 10.0. The quantitative estimate of drug-likeness (QED) is 0.292. The van der Waals surface area contributed by atoms with E-state index in [4.69, 9.17) is 11.6 Å². The molecule has 0 saturated carbocycles. The van der Waals surface area contributed by atoms with Crippen molar-refractivity contribution in [3.05, 3.63) is 86.7 Å². The van der Waals surface area contributed by atoms with E-state index in [1.807, 2.05) is 37.8 Å². The Bertz CT molecular complexity index is 1600. The van der Waals surface area contributed by atoms with E-state index >= 15 is 0 Å². The minimum atomic E-state index is -0.244. The van der Waals surface area contributed by atoms with Gasteiger partial charge in [0.2, 0.25) is 0 Å². The topological polar surface area (TPSA) is 97.5 Å². The first-order chi connectivity index (χ1) is 20.7. The molecule has 3 aromatic rings. The van der Waals surface area contributed by atoms with E-state index in [1.165, 1.54) is 12.8 Å². The molecule has 9 heteroatoms. The molecule has 6 rings (SSSR count). The average Bonchev–Trinajstić information content (AvgIpc) is 3.78. The zero-order valence-corrected chi connectivity index (χ0v) is 25.7. The second-order valence-electron chi connectivity index (χ2n) is 12.0. The van der Waals surface area contributed by atoms with Crippen molar-refractivity contribution >= 4 is 46.7 Å². The molecule has 3 aliphatic rings. The Kier molecular flexibility index (Phi) is 8.16. The largest absolute Gasteiger partial charge is 0.358 e. The minimum Gasteiger partial charge on any atom is -0.358 e. The molecular formula is C34H38ClN5O3. The highest BCUT2D eigenvalue weighted by Crippen LogP contribution is 2.35. The average molecular weight is 600 g/mol. The number of amides is 3. The molecule has 2 atom stereocenters. The van der Waals surface area contributed by atoms with Crippen molar-refractivity contribution in [2.24, 2.45) is 0 Å². The number of aryl methyl sites for hydroxylation is 1. The zero-order chi connectivity index (χ0) is 30.2. The Balaban J connectivity index is 1.23. The fourth-order valence-corrected chi connectivity index (χ4v) is 6.80. The van der Waals surface area contributed by atoms with Gasteiger partial charge in [0.1, 0.15) is 0 Å². The third kappa shape index (κ3) is 5.86. The van der Waals surface area contributed by atoms with Gasteiger partial charge in [-0.15, -0.1) is 0 Å². The van der Waals surface area contributed by atoms with Gasteiger partial charge in [0.05, 0.1) is 17.2 Å². The summed E-state index contributed by atoms with van der Waals surface area (Å²) in [7, 11) is 0. The van der Waals surface area contributed by atoms with E-state index in [0.29, 0.717) is 33.0 Å². The summed E-state index contributed by atoms with van der Waals surface area (Å²) in [5, 5.41) is 6.57. The number of rotatable bonds is 7. The van der Waals surface area contributed by atoms with E-state index in [-0.39, 0.29) is 29.8 Å². The van der Waals surface area contributed by atoms with E-state index in [1.54, 1.807) is 36.4 Å². The second kappa shape index (κ2) is 12.0. The molecule has 3 amide bonds. The molecule has 2 aromatic carbocycles. The van der Waals surface area contributed by atoms with Crippen molar-refractivity contribution in [2.75, 3.05) is 31.5 Å². The maximum Gasteiger partial charge on any atom is 0.256 e. The summed E-state index contributed by atoms with van der Waals surface area (Å²) in [4.78, 5) is 48.0. The Labute approximate surface area is 257 Å². The molecule has 2 unspecified atom stereocenters. The van der Waals surface area contributed by atoms with Crippen LogP contribution in [0.2, 0.25) is 5.02 Å². The third-order valence-corrected chi connectivity index (χ3v) is 9.32. The molecule has 0 radical (unpaired) electrons. The first-order valence-corrected chi connectivity index (χ1v) is 15.5. The standard InChI is InChI=1S/C34H38ClN5O3/c1-20-30(36-22(3)31(20)34(43)40-16-6-7-26(40)19-39-14-4-5-15-39)18-28-27-17-24(10-13-29(27)38-33(28)42)32(41)37-21(2)23-8-11-25(35)12-9-23/h8-13,17-18,21,26,36H,4-7,14-16,19H2,1-3H3,(H,37,41)(H,38,42). The molecule has 4 heterocycles. The van der Waals surface area contributed by atoms with Gasteiger partial charge in [-0.05, 0) is 107 Å². The third-order valence-electron chi connectivity index (χ3n) is 9.07. The molecular weight excluding hydrogens is 562 g/mol. The predicted molar refractivity (Wildman–Crippen MR) is 170 cm³/mol. The summed E-state index contributed by atoms with van der Waals surface area (Å²) >= 11 is 6.01.